The smallest absolute Gasteiger partial charge is 0.166 e. The third-order valence-corrected chi connectivity index (χ3v) is 4.54. The molecule has 1 N–H and O–H groups in total. The summed E-state index contributed by atoms with van der Waals surface area (Å²) in [4.78, 5) is 12.7. The summed E-state index contributed by atoms with van der Waals surface area (Å²) in [5.74, 6) is 0.469. The van der Waals surface area contributed by atoms with Crippen LogP contribution < -0.4 is 5.32 Å². The van der Waals surface area contributed by atoms with E-state index in [4.69, 9.17) is 0 Å². The first kappa shape index (κ1) is 15.5. The molecule has 3 rings (SSSR count). The van der Waals surface area contributed by atoms with E-state index in [2.05, 4.69) is 27.3 Å². The number of Topliss-reactive ketones (excluding diaryl/α,β-unsaturated/α-hetero) is 1. The van der Waals surface area contributed by atoms with Crippen molar-refractivity contribution in [3.05, 3.63) is 46.4 Å². The number of fused-ring (bicyclic) bond motifs is 1. The van der Waals surface area contributed by atoms with Crippen LogP contribution >= 0.6 is 28.3 Å². The number of carbonyl (C=O) groups is 1. The van der Waals surface area contributed by atoms with Gasteiger partial charge < -0.3 is 5.32 Å². The van der Waals surface area contributed by atoms with Crippen LogP contribution in [0.25, 0.3) is 10.8 Å². The molecule has 1 aliphatic rings. The highest BCUT2D eigenvalue weighted by molar-refractivity contribution is 9.10. The molecular weight excluding hydrogens is 338 g/mol. The fourth-order valence-electron chi connectivity index (χ4n) is 2.78. The molecular formula is C16H17BrClNO. The Bertz CT molecular complexity index is 623. The molecule has 2 aromatic carbocycles. The van der Waals surface area contributed by atoms with Crippen LogP contribution in [0.2, 0.25) is 0 Å². The molecule has 0 saturated carbocycles. The lowest BCUT2D eigenvalue weighted by Gasteiger charge is -2.22. The van der Waals surface area contributed by atoms with E-state index in [9.17, 15) is 4.79 Å². The normalized spacial score (nSPS) is 15.8. The Hall–Kier alpha value is -0.900. The summed E-state index contributed by atoms with van der Waals surface area (Å²) in [6.07, 6.45) is 1.90. The Labute approximate surface area is 133 Å². The van der Waals surface area contributed by atoms with Crippen molar-refractivity contribution in [3.63, 3.8) is 0 Å². The van der Waals surface area contributed by atoms with Gasteiger partial charge in [0.2, 0.25) is 0 Å². The van der Waals surface area contributed by atoms with E-state index in [0.717, 1.165) is 46.7 Å². The van der Waals surface area contributed by atoms with Gasteiger partial charge in [-0.05, 0) is 48.8 Å². The minimum absolute atomic E-state index is 0. The van der Waals surface area contributed by atoms with Gasteiger partial charge in [0.05, 0.1) is 0 Å². The van der Waals surface area contributed by atoms with E-state index < -0.39 is 0 Å². The summed E-state index contributed by atoms with van der Waals surface area (Å²) in [5, 5.41) is 5.48. The average Bonchev–Trinajstić information content (AvgIpc) is 2.48. The lowest BCUT2D eigenvalue weighted by atomic mass is 9.87. The second-order valence-electron chi connectivity index (χ2n) is 5.03. The molecule has 20 heavy (non-hydrogen) atoms. The third-order valence-electron chi connectivity index (χ3n) is 3.85. The van der Waals surface area contributed by atoms with Crippen LogP contribution in [0.15, 0.2) is 40.9 Å². The lowest BCUT2D eigenvalue weighted by molar-refractivity contribution is 0.0897. The van der Waals surface area contributed by atoms with Crippen molar-refractivity contribution < 1.29 is 4.79 Å². The van der Waals surface area contributed by atoms with Gasteiger partial charge in [-0.1, -0.05) is 40.2 Å². The van der Waals surface area contributed by atoms with Gasteiger partial charge >= 0.3 is 0 Å². The van der Waals surface area contributed by atoms with Crippen molar-refractivity contribution >= 4 is 44.9 Å². The van der Waals surface area contributed by atoms with Gasteiger partial charge in [0.15, 0.2) is 5.78 Å². The summed E-state index contributed by atoms with van der Waals surface area (Å²) < 4.78 is 1.05. The molecule has 0 aromatic heterocycles. The topological polar surface area (TPSA) is 29.1 Å². The minimum atomic E-state index is 0. The number of halogens is 2. The molecule has 0 atom stereocenters. The van der Waals surface area contributed by atoms with Crippen LogP contribution in [0.5, 0.6) is 0 Å². The molecule has 0 bridgehead atoms. The monoisotopic (exact) mass is 353 g/mol. The minimum Gasteiger partial charge on any atom is -0.317 e. The molecule has 1 saturated heterocycles. The quantitative estimate of drug-likeness (QED) is 0.819. The van der Waals surface area contributed by atoms with E-state index in [1.807, 2.05) is 30.3 Å². The van der Waals surface area contributed by atoms with Gasteiger partial charge in [0, 0.05) is 16.0 Å². The second-order valence-corrected chi connectivity index (χ2v) is 5.88. The zero-order chi connectivity index (χ0) is 13.2. The molecule has 2 nitrogen and oxygen atoms in total. The van der Waals surface area contributed by atoms with Crippen molar-refractivity contribution in [1.29, 1.82) is 0 Å². The molecule has 0 unspecified atom stereocenters. The van der Waals surface area contributed by atoms with Gasteiger partial charge in [-0.15, -0.1) is 12.4 Å². The summed E-state index contributed by atoms with van der Waals surface area (Å²) in [6, 6.07) is 12.0. The molecule has 1 heterocycles. The molecule has 0 amide bonds. The number of rotatable bonds is 2. The Balaban J connectivity index is 0.00000147. The summed E-state index contributed by atoms with van der Waals surface area (Å²) in [5.41, 5.74) is 0.866. The Morgan fingerprint density at radius 3 is 2.40 bits per heavy atom. The average molecular weight is 355 g/mol. The van der Waals surface area contributed by atoms with Crippen LogP contribution in [0.4, 0.5) is 0 Å². The van der Waals surface area contributed by atoms with E-state index in [0.29, 0.717) is 5.78 Å². The van der Waals surface area contributed by atoms with Crippen LogP contribution in [-0.4, -0.2) is 18.9 Å². The first-order valence-electron chi connectivity index (χ1n) is 6.69. The zero-order valence-electron chi connectivity index (χ0n) is 11.1. The molecule has 0 radical (unpaired) electrons. The molecule has 2 aromatic rings. The lowest BCUT2D eigenvalue weighted by Crippen LogP contribution is -2.31. The zero-order valence-corrected chi connectivity index (χ0v) is 13.5. The second kappa shape index (κ2) is 6.70. The number of nitrogens with one attached hydrogen (secondary N) is 1. The Morgan fingerprint density at radius 1 is 1.05 bits per heavy atom. The number of piperidine rings is 1. The van der Waals surface area contributed by atoms with E-state index in [1.165, 1.54) is 0 Å². The first-order chi connectivity index (χ1) is 9.27. The van der Waals surface area contributed by atoms with Gasteiger partial charge in [0.25, 0.3) is 0 Å². The van der Waals surface area contributed by atoms with Gasteiger partial charge in [-0.2, -0.15) is 0 Å². The van der Waals surface area contributed by atoms with Gasteiger partial charge in [-0.25, -0.2) is 0 Å². The predicted octanol–water partition coefficient (Wildman–Crippen LogP) is 4.21. The fourth-order valence-corrected chi connectivity index (χ4v) is 3.26. The maximum absolute atomic E-state index is 12.7. The maximum Gasteiger partial charge on any atom is 0.166 e. The highest BCUT2D eigenvalue weighted by Crippen LogP contribution is 2.29. The van der Waals surface area contributed by atoms with Crippen molar-refractivity contribution in [2.24, 2.45) is 5.92 Å². The summed E-state index contributed by atoms with van der Waals surface area (Å²) >= 11 is 3.55. The first-order valence-corrected chi connectivity index (χ1v) is 7.49. The van der Waals surface area contributed by atoms with Crippen LogP contribution in [-0.2, 0) is 0 Å². The Morgan fingerprint density at radius 2 is 1.70 bits per heavy atom. The summed E-state index contributed by atoms with van der Waals surface area (Å²) in [7, 11) is 0. The predicted molar refractivity (Wildman–Crippen MR) is 88.8 cm³/mol. The van der Waals surface area contributed by atoms with E-state index >= 15 is 0 Å². The van der Waals surface area contributed by atoms with Crippen molar-refractivity contribution in [2.45, 2.75) is 12.8 Å². The van der Waals surface area contributed by atoms with Gasteiger partial charge in [0.1, 0.15) is 0 Å². The molecule has 1 fully saturated rings. The maximum atomic E-state index is 12.7. The SMILES string of the molecule is Cl.O=C(c1ccc(Br)c2ccccc12)C1CCNCC1. The standard InChI is InChI=1S/C16H16BrNO.ClH/c17-15-6-5-14(12-3-1-2-4-13(12)15)16(19)11-7-9-18-10-8-11;/h1-6,11,18H,7-10H2;1H. The van der Waals surface area contributed by atoms with Crippen LogP contribution in [0.1, 0.15) is 23.2 Å². The van der Waals surface area contributed by atoms with Gasteiger partial charge in [-0.3, -0.25) is 4.79 Å². The number of ketones is 1. The van der Waals surface area contributed by atoms with Crippen molar-refractivity contribution in [2.75, 3.05) is 13.1 Å². The number of hydrogen-bond acceptors (Lipinski definition) is 2. The van der Waals surface area contributed by atoms with Crippen LogP contribution in [0.3, 0.4) is 0 Å². The highest BCUT2D eigenvalue weighted by atomic mass is 79.9. The molecule has 106 valence electrons. The fraction of sp³-hybridized carbons (Fsp3) is 0.312. The molecule has 0 aliphatic carbocycles. The van der Waals surface area contributed by atoms with E-state index in [1.54, 1.807) is 0 Å². The largest absolute Gasteiger partial charge is 0.317 e. The van der Waals surface area contributed by atoms with Crippen molar-refractivity contribution in [3.8, 4) is 0 Å². The van der Waals surface area contributed by atoms with Crippen LogP contribution in [0, 0.1) is 5.92 Å². The number of hydrogen-bond donors (Lipinski definition) is 1. The highest BCUT2D eigenvalue weighted by Gasteiger charge is 2.23. The van der Waals surface area contributed by atoms with E-state index in [-0.39, 0.29) is 18.3 Å². The molecule has 1 aliphatic heterocycles. The molecule has 4 heteroatoms. The number of benzene rings is 2. The molecule has 0 spiro atoms. The summed E-state index contributed by atoms with van der Waals surface area (Å²) in [6.45, 7) is 1.90. The van der Waals surface area contributed by atoms with Crippen molar-refractivity contribution in [1.82, 2.24) is 5.32 Å². The third kappa shape index (κ3) is 2.90. The number of carbonyl (C=O) groups excluding carboxylic acids is 1. The Kier molecular flexibility index (Phi) is 5.19.